The molecule has 0 spiro atoms. The molecule has 2 aromatic rings. The van der Waals surface area contributed by atoms with Gasteiger partial charge in [0.1, 0.15) is 5.54 Å². The van der Waals surface area contributed by atoms with E-state index in [0.29, 0.717) is 23.7 Å². The van der Waals surface area contributed by atoms with Gasteiger partial charge in [0.2, 0.25) is 5.91 Å². The van der Waals surface area contributed by atoms with Crippen molar-refractivity contribution in [2.75, 3.05) is 0 Å². The van der Waals surface area contributed by atoms with Gasteiger partial charge in [-0.3, -0.25) is 14.2 Å². The number of fused-ring (bicyclic) bond motifs is 1. The van der Waals surface area contributed by atoms with Crippen molar-refractivity contribution < 1.29 is 14.7 Å². The SMILES string of the molecule is Cc1cccc2c(=O)n(CCC(=O)NC3(C(=O)O)CC3)cnc12. The lowest BCUT2D eigenvalue weighted by atomic mass is 10.1. The molecule has 1 amide bonds. The summed E-state index contributed by atoms with van der Waals surface area (Å²) in [5.74, 6) is -1.38. The van der Waals surface area contributed by atoms with Crippen molar-refractivity contribution in [1.29, 1.82) is 0 Å². The van der Waals surface area contributed by atoms with E-state index in [9.17, 15) is 14.4 Å². The number of carboxylic acids is 1. The first-order valence-corrected chi connectivity index (χ1v) is 7.42. The minimum absolute atomic E-state index is 0.0357. The van der Waals surface area contributed by atoms with Crippen LogP contribution in [0, 0.1) is 6.92 Å². The molecule has 7 nitrogen and oxygen atoms in total. The fourth-order valence-electron chi connectivity index (χ4n) is 2.57. The number of nitrogens with zero attached hydrogens (tertiary/aromatic N) is 2. The molecule has 0 bridgehead atoms. The number of hydrogen-bond acceptors (Lipinski definition) is 4. The molecule has 1 aliphatic rings. The van der Waals surface area contributed by atoms with Gasteiger partial charge < -0.3 is 10.4 Å². The van der Waals surface area contributed by atoms with E-state index in [1.165, 1.54) is 10.9 Å². The number of rotatable bonds is 5. The molecule has 1 heterocycles. The fourth-order valence-corrected chi connectivity index (χ4v) is 2.57. The maximum atomic E-state index is 12.4. The fraction of sp³-hybridized carbons (Fsp3) is 0.375. The standard InChI is InChI=1S/C16H17N3O4/c1-10-3-2-4-11-13(10)17-9-19(14(11)21)8-5-12(20)18-16(6-7-16)15(22)23/h2-4,9H,5-8H2,1H3,(H,18,20)(H,22,23). The van der Waals surface area contributed by atoms with E-state index in [1.807, 2.05) is 13.0 Å². The summed E-state index contributed by atoms with van der Waals surface area (Å²) in [5.41, 5.74) is 0.273. The van der Waals surface area contributed by atoms with Gasteiger partial charge >= 0.3 is 5.97 Å². The number of carbonyl (C=O) groups excluding carboxylic acids is 1. The van der Waals surface area contributed by atoms with Crippen LogP contribution in [0.1, 0.15) is 24.8 Å². The molecular formula is C16H17N3O4. The molecule has 1 fully saturated rings. The second-order valence-corrected chi connectivity index (χ2v) is 5.90. The Labute approximate surface area is 132 Å². The lowest BCUT2D eigenvalue weighted by Crippen LogP contribution is -2.43. The van der Waals surface area contributed by atoms with E-state index in [0.717, 1.165) is 5.56 Å². The van der Waals surface area contributed by atoms with Crippen LogP contribution in [0.25, 0.3) is 10.9 Å². The second-order valence-electron chi connectivity index (χ2n) is 5.90. The Bertz CT molecular complexity index is 852. The van der Waals surface area contributed by atoms with E-state index < -0.39 is 11.5 Å². The van der Waals surface area contributed by atoms with Gasteiger partial charge in [-0.25, -0.2) is 9.78 Å². The summed E-state index contributed by atoms with van der Waals surface area (Å²) in [6.45, 7) is 2.05. The topological polar surface area (TPSA) is 101 Å². The quantitative estimate of drug-likeness (QED) is 0.851. The van der Waals surface area contributed by atoms with Crippen molar-refractivity contribution in [2.24, 2.45) is 0 Å². The number of nitrogens with one attached hydrogen (secondary N) is 1. The van der Waals surface area contributed by atoms with Gasteiger partial charge in [-0.15, -0.1) is 0 Å². The second kappa shape index (κ2) is 5.49. The van der Waals surface area contributed by atoms with Crippen molar-refractivity contribution in [3.8, 4) is 0 Å². The Kier molecular flexibility index (Phi) is 3.63. The Morgan fingerprint density at radius 3 is 2.78 bits per heavy atom. The lowest BCUT2D eigenvalue weighted by Gasteiger charge is -2.13. The first-order chi connectivity index (χ1) is 10.9. The summed E-state index contributed by atoms with van der Waals surface area (Å²) in [5, 5.41) is 12.1. The average molecular weight is 315 g/mol. The molecule has 0 unspecified atom stereocenters. The van der Waals surface area contributed by atoms with Crippen molar-refractivity contribution in [1.82, 2.24) is 14.9 Å². The zero-order valence-corrected chi connectivity index (χ0v) is 12.7. The maximum absolute atomic E-state index is 12.4. The number of carboxylic acid groups (broad SMARTS) is 1. The Morgan fingerprint density at radius 2 is 2.13 bits per heavy atom. The van der Waals surface area contributed by atoms with Crippen molar-refractivity contribution in [2.45, 2.75) is 38.3 Å². The first-order valence-electron chi connectivity index (χ1n) is 7.42. The van der Waals surface area contributed by atoms with Crippen molar-refractivity contribution in [3.63, 3.8) is 0 Å². The molecule has 1 aliphatic carbocycles. The highest BCUT2D eigenvalue weighted by Crippen LogP contribution is 2.35. The van der Waals surface area contributed by atoms with Gasteiger partial charge in [-0.2, -0.15) is 0 Å². The number of amides is 1. The van der Waals surface area contributed by atoms with Gasteiger partial charge in [-0.05, 0) is 31.4 Å². The number of aryl methyl sites for hydroxylation is 2. The zero-order chi connectivity index (χ0) is 16.6. The molecule has 3 rings (SSSR count). The van der Waals surface area contributed by atoms with Crippen LogP contribution in [0.4, 0.5) is 0 Å². The number of benzene rings is 1. The summed E-state index contributed by atoms with van der Waals surface area (Å²) in [4.78, 5) is 39.6. The van der Waals surface area contributed by atoms with E-state index in [-0.39, 0.29) is 24.4 Å². The summed E-state index contributed by atoms with van der Waals surface area (Å²) in [6.07, 6.45) is 2.36. The number of para-hydroxylation sites is 1. The maximum Gasteiger partial charge on any atom is 0.329 e. The van der Waals surface area contributed by atoms with E-state index in [2.05, 4.69) is 10.3 Å². The van der Waals surface area contributed by atoms with Crippen LogP contribution in [0.2, 0.25) is 0 Å². The number of carbonyl (C=O) groups is 2. The highest BCUT2D eigenvalue weighted by molar-refractivity contribution is 5.89. The monoisotopic (exact) mass is 315 g/mol. The average Bonchev–Trinajstić information content (AvgIpc) is 3.28. The van der Waals surface area contributed by atoms with Crippen molar-refractivity contribution >= 4 is 22.8 Å². The third kappa shape index (κ3) is 2.81. The minimum Gasteiger partial charge on any atom is -0.480 e. The molecule has 0 saturated heterocycles. The van der Waals surface area contributed by atoms with Crippen LogP contribution >= 0.6 is 0 Å². The number of aromatic nitrogens is 2. The number of hydrogen-bond donors (Lipinski definition) is 2. The zero-order valence-electron chi connectivity index (χ0n) is 12.7. The Balaban J connectivity index is 1.73. The molecule has 120 valence electrons. The largest absolute Gasteiger partial charge is 0.480 e. The summed E-state index contributed by atoms with van der Waals surface area (Å²) in [7, 11) is 0. The number of aliphatic carboxylic acids is 1. The molecule has 0 aliphatic heterocycles. The smallest absolute Gasteiger partial charge is 0.329 e. The molecule has 2 N–H and O–H groups in total. The van der Waals surface area contributed by atoms with E-state index in [1.54, 1.807) is 12.1 Å². The Morgan fingerprint density at radius 1 is 1.39 bits per heavy atom. The molecule has 0 radical (unpaired) electrons. The van der Waals surface area contributed by atoms with Gasteiger partial charge in [0.05, 0.1) is 17.2 Å². The van der Waals surface area contributed by atoms with Crippen molar-refractivity contribution in [3.05, 3.63) is 40.4 Å². The van der Waals surface area contributed by atoms with Crippen LogP contribution in [0.5, 0.6) is 0 Å². The van der Waals surface area contributed by atoms with Gasteiger partial charge in [-0.1, -0.05) is 12.1 Å². The van der Waals surface area contributed by atoms with Crippen LogP contribution in [0.15, 0.2) is 29.3 Å². The predicted molar refractivity (Wildman–Crippen MR) is 83.1 cm³/mol. The lowest BCUT2D eigenvalue weighted by molar-refractivity contribution is -0.143. The van der Waals surface area contributed by atoms with Crippen LogP contribution < -0.4 is 10.9 Å². The highest BCUT2D eigenvalue weighted by Gasteiger charge is 2.51. The Hall–Kier alpha value is -2.70. The molecular weight excluding hydrogens is 298 g/mol. The van der Waals surface area contributed by atoms with E-state index >= 15 is 0 Å². The predicted octanol–water partition coefficient (Wildman–Crippen LogP) is 0.828. The normalized spacial score (nSPS) is 15.3. The summed E-state index contributed by atoms with van der Waals surface area (Å²) < 4.78 is 1.38. The summed E-state index contributed by atoms with van der Waals surface area (Å²) >= 11 is 0. The molecule has 7 heteroatoms. The highest BCUT2D eigenvalue weighted by atomic mass is 16.4. The van der Waals surface area contributed by atoms with Gasteiger partial charge in [0, 0.05) is 13.0 Å². The minimum atomic E-state index is -1.10. The van der Waals surface area contributed by atoms with Crippen LogP contribution in [-0.2, 0) is 16.1 Å². The van der Waals surface area contributed by atoms with Crippen LogP contribution in [-0.4, -0.2) is 32.1 Å². The van der Waals surface area contributed by atoms with E-state index in [4.69, 9.17) is 5.11 Å². The van der Waals surface area contributed by atoms with Crippen LogP contribution in [0.3, 0.4) is 0 Å². The molecule has 0 atom stereocenters. The molecule has 1 aromatic carbocycles. The molecule has 1 aromatic heterocycles. The molecule has 23 heavy (non-hydrogen) atoms. The summed E-state index contributed by atoms with van der Waals surface area (Å²) in [6, 6.07) is 5.38. The third-order valence-corrected chi connectivity index (χ3v) is 4.17. The first kappa shape index (κ1) is 15.2. The third-order valence-electron chi connectivity index (χ3n) is 4.17. The van der Waals surface area contributed by atoms with Gasteiger partial charge in [0.15, 0.2) is 0 Å². The van der Waals surface area contributed by atoms with Gasteiger partial charge in [0.25, 0.3) is 5.56 Å². The molecule has 1 saturated carbocycles.